The molecule has 0 aliphatic heterocycles. The van der Waals surface area contributed by atoms with Gasteiger partial charge in [0.2, 0.25) is 0 Å². The van der Waals surface area contributed by atoms with Gasteiger partial charge in [-0.25, -0.2) is 4.98 Å². The highest BCUT2D eigenvalue weighted by molar-refractivity contribution is 7.15. The van der Waals surface area contributed by atoms with Gasteiger partial charge in [-0.05, 0) is 24.3 Å². The van der Waals surface area contributed by atoms with E-state index in [1.807, 2.05) is 35.9 Å². The zero-order valence-corrected chi connectivity index (χ0v) is 9.65. The fourth-order valence-corrected chi connectivity index (χ4v) is 2.29. The predicted octanol–water partition coefficient (Wildman–Crippen LogP) is 2.25. The van der Waals surface area contributed by atoms with Crippen LogP contribution >= 0.6 is 11.3 Å². The lowest BCUT2D eigenvalue weighted by Crippen LogP contribution is -2.11. The van der Waals surface area contributed by atoms with Crippen molar-refractivity contribution in [1.29, 1.82) is 0 Å². The van der Waals surface area contributed by atoms with E-state index in [0.29, 0.717) is 10.7 Å². The summed E-state index contributed by atoms with van der Waals surface area (Å²) in [4.78, 5) is 19.9. The normalized spacial score (nSPS) is 11.5. The van der Waals surface area contributed by atoms with Gasteiger partial charge in [0.25, 0.3) is 5.56 Å². The smallest absolute Gasteiger partial charge is 0.259 e. The van der Waals surface area contributed by atoms with Gasteiger partial charge < -0.3 is 4.98 Å². The molecule has 84 valence electrons. The van der Waals surface area contributed by atoms with E-state index >= 15 is 0 Å². The van der Waals surface area contributed by atoms with E-state index in [9.17, 15) is 4.79 Å². The highest BCUT2D eigenvalue weighted by Gasteiger charge is 2.00. The fourth-order valence-electron chi connectivity index (χ4n) is 1.57. The number of aromatic amines is 1. The van der Waals surface area contributed by atoms with Crippen LogP contribution < -0.4 is 5.56 Å². The van der Waals surface area contributed by atoms with Crippen LogP contribution in [0, 0.1) is 0 Å². The zero-order chi connectivity index (χ0) is 11.7. The summed E-state index contributed by atoms with van der Waals surface area (Å²) >= 11 is 1.45. The molecule has 17 heavy (non-hydrogen) atoms. The standard InChI is InChI=1S/C12H9N3OS/c16-11-8-10(4-3-9-2-1-5-13-9)14-12-15(11)6-7-17-12/h1-8,13H/b4-3+. The quantitative estimate of drug-likeness (QED) is 0.750. The molecule has 0 bridgehead atoms. The second-order valence-electron chi connectivity index (χ2n) is 3.53. The number of thiazole rings is 1. The minimum atomic E-state index is -0.0533. The molecule has 4 nitrogen and oxygen atoms in total. The van der Waals surface area contributed by atoms with Crippen molar-refractivity contribution in [2.75, 3.05) is 0 Å². The van der Waals surface area contributed by atoms with Crippen molar-refractivity contribution in [3.8, 4) is 0 Å². The molecule has 3 heterocycles. The summed E-state index contributed by atoms with van der Waals surface area (Å²) in [6.45, 7) is 0. The van der Waals surface area contributed by atoms with Crippen LogP contribution in [0.2, 0.25) is 0 Å². The Hall–Kier alpha value is -2.14. The molecule has 0 amide bonds. The first-order chi connectivity index (χ1) is 8.33. The van der Waals surface area contributed by atoms with E-state index in [1.165, 1.54) is 21.8 Å². The number of H-pyrrole nitrogens is 1. The first-order valence-electron chi connectivity index (χ1n) is 5.11. The van der Waals surface area contributed by atoms with Crippen molar-refractivity contribution < 1.29 is 0 Å². The van der Waals surface area contributed by atoms with Crippen LogP contribution in [0.3, 0.4) is 0 Å². The van der Waals surface area contributed by atoms with Gasteiger partial charge in [-0.15, -0.1) is 11.3 Å². The Labute approximate surface area is 101 Å². The van der Waals surface area contributed by atoms with Crippen LogP contribution in [-0.2, 0) is 0 Å². The molecule has 0 unspecified atom stereocenters. The zero-order valence-electron chi connectivity index (χ0n) is 8.83. The van der Waals surface area contributed by atoms with Crippen molar-refractivity contribution in [3.05, 3.63) is 57.7 Å². The number of rotatable bonds is 2. The SMILES string of the molecule is O=c1cc(/C=C/c2ccc[nH]2)nc2sccn12. The predicted molar refractivity (Wildman–Crippen MR) is 69.1 cm³/mol. The minimum Gasteiger partial charge on any atom is -0.362 e. The van der Waals surface area contributed by atoms with Crippen molar-refractivity contribution >= 4 is 28.4 Å². The number of hydrogen-bond acceptors (Lipinski definition) is 3. The Kier molecular flexibility index (Phi) is 2.38. The molecule has 0 aromatic carbocycles. The van der Waals surface area contributed by atoms with Gasteiger partial charge in [0.05, 0.1) is 5.69 Å². The summed E-state index contributed by atoms with van der Waals surface area (Å²) in [5, 5.41) is 1.85. The number of fused-ring (bicyclic) bond motifs is 1. The lowest BCUT2D eigenvalue weighted by molar-refractivity contribution is 1.07. The molecule has 0 radical (unpaired) electrons. The van der Waals surface area contributed by atoms with E-state index in [-0.39, 0.29) is 5.56 Å². The van der Waals surface area contributed by atoms with Gasteiger partial charge in [0.1, 0.15) is 0 Å². The molecule has 0 aliphatic rings. The summed E-state index contributed by atoms with van der Waals surface area (Å²) in [7, 11) is 0. The third kappa shape index (κ3) is 1.92. The molecular weight excluding hydrogens is 234 g/mol. The molecule has 3 rings (SSSR count). The lowest BCUT2D eigenvalue weighted by Gasteiger charge is -1.94. The molecule has 0 saturated carbocycles. The summed E-state index contributed by atoms with van der Waals surface area (Å²) in [5.41, 5.74) is 1.60. The van der Waals surface area contributed by atoms with Gasteiger partial charge in [-0.3, -0.25) is 9.20 Å². The fraction of sp³-hybridized carbons (Fsp3) is 0. The number of hydrogen-bond donors (Lipinski definition) is 1. The van der Waals surface area contributed by atoms with Gasteiger partial charge in [0, 0.05) is 29.5 Å². The largest absolute Gasteiger partial charge is 0.362 e. The van der Waals surface area contributed by atoms with Gasteiger partial charge >= 0.3 is 0 Å². The summed E-state index contributed by atoms with van der Waals surface area (Å²) in [5.74, 6) is 0. The number of aromatic nitrogens is 3. The molecule has 5 heteroatoms. The molecule has 0 spiro atoms. The van der Waals surface area contributed by atoms with Crippen molar-refractivity contribution in [2.45, 2.75) is 0 Å². The van der Waals surface area contributed by atoms with Crippen molar-refractivity contribution in [3.63, 3.8) is 0 Å². The average molecular weight is 243 g/mol. The van der Waals surface area contributed by atoms with Crippen molar-refractivity contribution in [2.24, 2.45) is 0 Å². The van der Waals surface area contributed by atoms with Gasteiger partial charge in [-0.1, -0.05) is 0 Å². The van der Waals surface area contributed by atoms with Crippen molar-refractivity contribution in [1.82, 2.24) is 14.4 Å². The molecular formula is C12H9N3OS. The van der Waals surface area contributed by atoms with E-state index < -0.39 is 0 Å². The maximum atomic E-state index is 11.7. The van der Waals surface area contributed by atoms with Gasteiger partial charge in [0.15, 0.2) is 4.96 Å². The summed E-state index contributed by atoms with van der Waals surface area (Å²) < 4.78 is 1.54. The average Bonchev–Trinajstić information content (AvgIpc) is 2.97. The Balaban J connectivity index is 2.03. The van der Waals surface area contributed by atoms with Crippen LogP contribution in [0.1, 0.15) is 11.4 Å². The summed E-state index contributed by atoms with van der Waals surface area (Å²) in [6.07, 6.45) is 7.30. The third-order valence-corrected chi connectivity index (χ3v) is 3.14. The Morgan fingerprint density at radius 1 is 1.41 bits per heavy atom. The second kappa shape index (κ2) is 4.03. The minimum absolute atomic E-state index is 0.0533. The molecule has 3 aromatic rings. The topological polar surface area (TPSA) is 50.2 Å². The molecule has 1 N–H and O–H groups in total. The highest BCUT2D eigenvalue weighted by atomic mass is 32.1. The van der Waals surface area contributed by atoms with E-state index in [4.69, 9.17) is 0 Å². The Morgan fingerprint density at radius 2 is 2.35 bits per heavy atom. The van der Waals surface area contributed by atoms with Crippen LogP contribution in [0.4, 0.5) is 0 Å². The van der Waals surface area contributed by atoms with E-state index in [0.717, 1.165) is 5.69 Å². The molecule has 0 atom stereocenters. The van der Waals surface area contributed by atoms with Crippen LogP contribution in [0.25, 0.3) is 17.1 Å². The molecule has 0 fully saturated rings. The van der Waals surface area contributed by atoms with E-state index in [1.54, 1.807) is 6.20 Å². The number of nitrogens with zero attached hydrogens (tertiary/aromatic N) is 2. The van der Waals surface area contributed by atoms with E-state index in [2.05, 4.69) is 9.97 Å². The molecule has 3 aromatic heterocycles. The maximum Gasteiger partial charge on any atom is 0.259 e. The Morgan fingerprint density at radius 3 is 3.18 bits per heavy atom. The Bertz CT molecular complexity index is 722. The molecule has 0 aliphatic carbocycles. The number of nitrogens with one attached hydrogen (secondary N) is 1. The molecule has 0 saturated heterocycles. The summed E-state index contributed by atoms with van der Waals surface area (Å²) in [6, 6.07) is 5.40. The lowest BCUT2D eigenvalue weighted by atomic mass is 10.3. The highest BCUT2D eigenvalue weighted by Crippen LogP contribution is 2.08. The van der Waals surface area contributed by atoms with Gasteiger partial charge in [-0.2, -0.15) is 0 Å². The second-order valence-corrected chi connectivity index (χ2v) is 4.41. The van der Waals surface area contributed by atoms with Crippen LogP contribution in [0.5, 0.6) is 0 Å². The first kappa shape index (κ1) is 10.0. The van der Waals surface area contributed by atoms with Crippen LogP contribution in [0.15, 0.2) is 40.8 Å². The third-order valence-electron chi connectivity index (χ3n) is 2.38. The van der Waals surface area contributed by atoms with Crippen LogP contribution in [-0.4, -0.2) is 14.4 Å². The monoisotopic (exact) mass is 243 g/mol. The first-order valence-corrected chi connectivity index (χ1v) is 5.99. The maximum absolute atomic E-state index is 11.7.